The quantitative estimate of drug-likeness (QED) is 0.607. The average Bonchev–Trinajstić information content (AvgIpc) is 3.09. The molecule has 3 rings (SSSR count). The van der Waals surface area contributed by atoms with E-state index in [9.17, 15) is 4.79 Å². The van der Waals surface area contributed by atoms with Gasteiger partial charge in [0.15, 0.2) is 4.80 Å². The summed E-state index contributed by atoms with van der Waals surface area (Å²) in [6.45, 7) is 6.19. The van der Waals surface area contributed by atoms with Crippen LogP contribution in [0.1, 0.15) is 36.1 Å². The van der Waals surface area contributed by atoms with Crippen molar-refractivity contribution < 1.29 is 4.79 Å². The maximum atomic E-state index is 12.8. The zero-order valence-electron chi connectivity index (χ0n) is 14.2. The molecule has 0 fully saturated rings. The van der Waals surface area contributed by atoms with Crippen LogP contribution < -0.4 is 4.80 Å². The van der Waals surface area contributed by atoms with Crippen molar-refractivity contribution in [2.45, 2.75) is 33.4 Å². The van der Waals surface area contributed by atoms with Crippen LogP contribution in [0.25, 0.3) is 10.2 Å². The second kappa shape index (κ2) is 6.98. The Morgan fingerprint density at radius 1 is 1.44 bits per heavy atom. The zero-order chi connectivity index (χ0) is 18.1. The molecule has 1 amide bonds. The van der Waals surface area contributed by atoms with Gasteiger partial charge < -0.3 is 4.57 Å². The number of amides is 1. The third kappa shape index (κ3) is 3.46. The van der Waals surface area contributed by atoms with Crippen LogP contribution in [0.3, 0.4) is 0 Å². The van der Waals surface area contributed by atoms with E-state index < -0.39 is 0 Å². The summed E-state index contributed by atoms with van der Waals surface area (Å²) in [5.74, 6) is 2.32. The Hall–Kier alpha value is -2.17. The molecular weight excluding hydrogens is 400 g/mol. The van der Waals surface area contributed by atoms with Crippen LogP contribution in [0.5, 0.6) is 0 Å². The number of hydrogen-bond donors (Lipinski definition) is 0. The number of halogens is 1. The summed E-state index contributed by atoms with van der Waals surface area (Å²) in [4.78, 5) is 17.7. The van der Waals surface area contributed by atoms with Crippen LogP contribution in [0, 0.1) is 19.3 Å². The SMILES string of the molecule is C#CCn1c(=NC(=O)c2cc(C)nn2C(C)C)sc2cc(Br)ccc21. The van der Waals surface area contributed by atoms with E-state index in [1.54, 1.807) is 10.7 Å². The number of fused-ring (bicyclic) bond motifs is 1. The van der Waals surface area contributed by atoms with Crippen molar-refractivity contribution in [2.24, 2.45) is 4.99 Å². The van der Waals surface area contributed by atoms with E-state index in [-0.39, 0.29) is 11.9 Å². The average molecular weight is 417 g/mol. The number of benzene rings is 1. The molecule has 0 aliphatic heterocycles. The second-order valence-electron chi connectivity index (χ2n) is 5.91. The van der Waals surface area contributed by atoms with Crippen LogP contribution in [-0.4, -0.2) is 20.3 Å². The van der Waals surface area contributed by atoms with Crippen LogP contribution in [0.15, 0.2) is 33.7 Å². The standard InChI is InChI=1S/C18H17BrN4OS/c1-5-8-22-14-7-6-13(19)10-16(14)25-18(22)20-17(24)15-9-12(4)21-23(15)11(2)3/h1,6-7,9-11H,8H2,2-4H3. The Morgan fingerprint density at radius 2 is 2.20 bits per heavy atom. The van der Waals surface area contributed by atoms with Gasteiger partial charge in [-0.2, -0.15) is 10.1 Å². The van der Waals surface area contributed by atoms with Crippen molar-refractivity contribution in [3.8, 4) is 12.3 Å². The summed E-state index contributed by atoms with van der Waals surface area (Å²) >= 11 is 4.91. The first kappa shape index (κ1) is 17.6. The summed E-state index contributed by atoms with van der Waals surface area (Å²) in [5, 5.41) is 4.38. The van der Waals surface area contributed by atoms with Gasteiger partial charge in [0.05, 0.1) is 22.5 Å². The van der Waals surface area contributed by atoms with Crippen molar-refractivity contribution in [1.82, 2.24) is 14.3 Å². The van der Waals surface area contributed by atoms with Gasteiger partial charge in [0.1, 0.15) is 5.69 Å². The Labute approximate surface area is 158 Å². The first-order valence-electron chi connectivity index (χ1n) is 7.78. The summed E-state index contributed by atoms with van der Waals surface area (Å²) < 4.78 is 5.58. The third-order valence-electron chi connectivity index (χ3n) is 3.66. The molecule has 0 spiro atoms. The van der Waals surface area contributed by atoms with Gasteiger partial charge in [-0.1, -0.05) is 33.2 Å². The lowest BCUT2D eigenvalue weighted by molar-refractivity contribution is 0.0986. The maximum absolute atomic E-state index is 12.8. The highest BCUT2D eigenvalue weighted by Gasteiger charge is 2.16. The van der Waals surface area contributed by atoms with E-state index in [0.29, 0.717) is 17.0 Å². The van der Waals surface area contributed by atoms with Gasteiger partial charge in [0, 0.05) is 10.5 Å². The Morgan fingerprint density at radius 3 is 2.88 bits per heavy atom. The van der Waals surface area contributed by atoms with Crippen LogP contribution in [0.4, 0.5) is 0 Å². The molecule has 1 aromatic carbocycles. The number of carbonyl (C=O) groups excluding carboxylic acids is 1. The minimum Gasteiger partial charge on any atom is -0.305 e. The molecule has 0 aliphatic carbocycles. The van der Waals surface area contributed by atoms with E-state index in [1.807, 2.05) is 43.5 Å². The summed E-state index contributed by atoms with van der Waals surface area (Å²) in [5.41, 5.74) is 2.24. The van der Waals surface area contributed by atoms with E-state index in [1.165, 1.54) is 11.3 Å². The smallest absolute Gasteiger partial charge is 0.297 e. The lowest BCUT2D eigenvalue weighted by Crippen LogP contribution is -2.18. The van der Waals surface area contributed by atoms with Gasteiger partial charge in [-0.05, 0) is 45.0 Å². The highest BCUT2D eigenvalue weighted by Crippen LogP contribution is 2.22. The molecule has 0 saturated carbocycles. The predicted molar refractivity (Wildman–Crippen MR) is 104 cm³/mol. The summed E-state index contributed by atoms with van der Waals surface area (Å²) in [6.07, 6.45) is 5.50. The van der Waals surface area contributed by atoms with E-state index in [0.717, 1.165) is 20.4 Å². The van der Waals surface area contributed by atoms with Gasteiger partial charge in [-0.25, -0.2) is 0 Å². The Bertz CT molecular complexity index is 1070. The normalized spacial score (nSPS) is 12.1. The number of terminal acetylenes is 1. The van der Waals surface area contributed by atoms with Crippen molar-refractivity contribution in [1.29, 1.82) is 0 Å². The maximum Gasteiger partial charge on any atom is 0.297 e. The van der Waals surface area contributed by atoms with Crippen molar-refractivity contribution in [3.05, 3.63) is 44.9 Å². The molecule has 128 valence electrons. The van der Waals surface area contributed by atoms with Crippen molar-refractivity contribution >= 4 is 43.4 Å². The van der Waals surface area contributed by atoms with E-state index in [4.69, 9.17) is 6.42 Å². The van der Waals surface area contributed by atoms with Crippen molar-refractivity contribution in [2.75, 3.05) is 0 Å². The molecule has 7 heteroatoms. The lowest BCUT2D eigenvalue weighted by atomic mass is 10.3. The monoisotopic (exact) mass is 416 g/mol. The summed E-state index contributed by atoms with van der Waals surface area (Å²) in [7, 11) is 0. The molecule has 2 heterocycles. The first-order valence-corrected chi connectivity index (χ1v) is 9.39. The van der Waals surface area contributed by atoms with Crippen molar-refractivity contribution in [3.63, 3.8) is 0 Å². The van der Waals surface area contributed by atoms with Crippen LogP contribution in [-0.2, 0) is 6.54 Å². The Kier molecular flexibility index (Phi) is 4.93. The van der Waals surface area contributed by atoms with E-state index >= 15 is 0 Å². The largest absolute Gasteiger partial charge is 0.305 e. The fourth-order valence-corrected chi connectivity index (χ4v) is 4.17. The van der Waals surface area contributed by atoms with E-state index in [2.05, 4.69) is 31.9 Å². The molecule has 2 aromatic heterocycles. The van der Waals surface area contributed by atoms with Gasteiger partial charge in [-0.15, -0.1) is 6.42 Å². The molecule has 0 unspecified atom stereocenters. The molecule has 0 aliphatic rings. The topological polar surface area (TPSA) is 52.2 Å². The molecule has 0 saturated heterocycles. The minimum atomic E-state index is -0.314. The number of rotatable bonds is 3. The second-order valence-corrected chi connectivity index (χ2v) is 7.84. The number of hydrogen-bond acceptors (Lipinski definition) is 3. The van der Waals surface area contributed by atoms with Crippen LogP contribution in [0.2, 0.25) is 0 Å². The molecule has 3 aromatic rings. The summed E-state index contributed by atoms with van der Waals surface area (Å²) in [6, 6.07) is 7.77. The van der Waals surface area contributed by atoms with Gasteiger partial charge in [-0.3, -0.25) is 9.48 Å². The number of carbonyl (C=O) groups is 1. The molecule has 0 radical (unpaired) electrons. The number of aromatic nitrogens is 3. The lowest BCUT2D eigenvalue weighted by Gasteiger charge is -2.07. The molecule has 0 bridgehead atoms. The highest BCUT2D eigenvalue weighted by atomic mass is 79.9. The fraction of sp³-hybridized carbons (Fsp3) is 0.278. The number of thiazole rings is 1. The van der Waals surface area contributed by atoms with Crippen LogP contribution >= 0.6 is 27.3 Å². The van der Waals surface area contributed by atoms with Gasteiger partial charge in [0.2, 0.25) is 0 Å². The zero-order valence-corrected chi connectivity index (χ0v) is 16.6. The number of aryl methyl sites for hydroxylation is 1. The molecular formula is C18H17BrN4OS. The molecule has 25 heavy (non-hydrogen) atoms. The van der Waals surface area contributed by atoms with Gasteiger partial charge >= 0.3 is 0 Å². The van der Waals surface area contributed by atoms with Gasteiger partial charge in [0.25, 0.3) is 5.91 Å². The highest BCUT2D eigenvalue weighted by molar-refractivity contribution is 9.10. The third-order valence-corrected chi connectivity index (χ3v) is 5.19. The first-order chi connectivity index (χ1) is 11.9. The fourth-order valence-electron chi connectivity index (χ4n) is 2.59. The number of nitrogens with zero attached hydrogens (tertiary/aromatic N) is 4. The Balaban J connectivity index is 2.17. The minimum absolute atomic E-state index is 0.0824. The predicted octanol–water partition coefficient (Wildman–Crippen LogP) is 3.93. The molecule has 5 nitrogen and oxygen atoms in total. The molecule has 0 atom stereocenters. The molecule has 0 N–H and O–H groups in total.